The Morgan fingerprint density at radius 3 is 2.70 bits per heavy atom. The van der Waals surface area contributed by atoms with Crippen molar-refractivity contribution in [3.63, 3.8) is 0 Å². The molecule has 0 aliphatic rings. The molecular formula is C25H24N4S. The summed E-state index contributed by atoms with van der Waals surface area (Å²) in [4.78, 5) is 10.4. The smallest absolute Gasteiger partial charge is 0.183 e. The Bertz CT molecular complexity index is 1310. The van der Waals surface area contributed by atoms with Crippen LogP contribution in [0.5, 0.6) is 0 Å². The number of pyridine rings is 1. The largest absolute Gasteiger partial charge is 0.359 e. The Morgan fingerprint density at radius 2 is 1.83 bits per heavy atom. The van der Waals surface area contributed by atoms with E-state index in [4.69, 9.17) is 0 Å². The van der Waals surface area contributed by atoms with Gasteiger partial charge in [0.15, 0.2) is 5.13 Å². The van der Waals surface area contributed by atoms with Gasteiger partial charge in [-0.1, -0.05) is 67.6 Å². The number of anilines is 1. The minimum atomic E-state index is 0.464. The lowest BCUT2D eigenvalue weighted by molar-refractivity contribution is 0.671. The van der Waals surface area contributed by atoms with Gasteiger partial charge >= 0.3 is 0 Å². The Hall–Kier alpha value is -3.18. The van der Waals surface area contributed by atoms with Gasteiger partial charge in [0.05, 0.1) is 4.88 Å². The van der Waals surface area contributed by atoms with Gasteiger partial charge in [0.2, 0.25) is 0 Å². The van der Waals surface area contributed by atoms with E-state index in [9.17, 15) is 0 Å². The van der Waals surface area contributed by atoms with E-state index in [1.807, 2.05) is 18.6 Å². The molecule has 30 heavy (non-hydrogen) atoms. The maximum absolute atomic E-state index is 4.64. The molecule has 0 atom stereocenters. The van der Waals surface area contributed by atoms with Gasteiger partial charge in [-0.3, -0.25) is 0 Å². The molecule has 0 unspecified atom stereocenters. The zero-order valence-corrected chi connectivity index (χ0v) is 18.0. The molecular weight excluding hydrogens is 388 g/mol. The van der Waals surface area contributed by atoms with Crippen LogP contribution >= 0.6 is 11.3 Å². The van der Waals surface area contributed by atoms with Crippen molar-refractivity contribution in [2.45, 2.75) is 32.7 Å². The minimum Gasteiger partial charge on any atom is -0.359 e. The molecule has 0 amide bonds. The lowest BCUT2D eigenvalue weighted by Crippen LogP contribution is -2.16. The van der Waals surface area contributed by atoms with E-state index >= 15 is 0 Å². The first-order valence-electron chi connectivity index (χ1n) is 10.4. The van der Waals surface area contributed by atoms with Crippen molar-refractivity contribution >= 4 is 32.9 Å². The average molecular weight is 413 g/mol. The number of thiazole rings is 1. The van der Waals surface area contributed by atoms with Crippen molar-refractivity contribution in [3.05, 3.63) is 73.3 Å². The maximum Gasteiger partial charge on any atom is 0.183 e. The molecule has 1 N–H and O–H groups in total. The lowest BCUT2D eigenvalue weighted by atomic mass is 9.98. The Labute approximate surface area is 180 Å². The number of hydrogen-bond acceptors (Lipinski definition) is 4. The zero-order valence-electron chi connectivity index (χ0n) is 17.2. The van der Waals surface area contributed by atoms with Crippen LogP contribution in [-0.2, 0) is 0 Å². The predicted octanol–water partition coefficient (Wildman–Crippen LogP) is 6.88. The van der Waals surface area contributed by atoms with E-state index in [0.29, 0.717) is 6.04 Å². The van der Waals surface area contributed by atoms with Crippen molar-refractivity contribution in [1.29, 1.82) is 0 Å². The molecule has 2 aromatic carbocycles. The first-order chi connectivity index (χ1) is 14.8. The van der Waals surface area contributed by atoms with Gasteiger partial charge in [-0.15, -0.1) is 0 Å². The van der Waals surface area contributed by atoms with Gasteiger partial charge < -0.3 is 9.72 Å². The summed E-state index contributed by atoms with van der Waals surface area (Å²) in [6.07, 6.45) is 10.2. The summed E-state index contributed by atoms with van der Waals surface area (Å²) in [5.74, 6) is 0. The molecule has 0 radical (unpaired) electrons. The summed E-state index contributed by atoms with van der Waals surface area (Å²) in [7, 11) is 0. The lowest BCUT2D eigenvalue weighted by Gasteiger charge is -2.13. The summed E-state index contributed by atoms with van der Waals surface area (Å²) in [5, 5.41) is 7.02. The van der Waals surface area contributed by atoms with Crippen molar-refractivity contribution in [2.75, 3.05) is 5.32 Å². The van der Waals surface area contributed by atoms with E-state index in [0.717, 1.165) is 39.6 Å². The second-order valence-electron chi connectivity index (χ2n) is 7.51. The third-order valence-electron chi connectivity index (χ3n) is 5.67. The fraction of sp³-hybridized carbons (Fsp3) is 0.200. The van der Waals surface area contributed by atoms with Crippen LogP contribution in [0.15, 0.2) is 73.3 Å². The average Bonchev–Trinajstić information content (AvgIpc) is 3.46. The van der Waals surface area contributed by atoms with Crippen LogP contribution in [0.1, 0.15) is 26.7 Å². The highest BCUT2D eigenvalue weighted by atomic mass is 32.1. The van der Waals surface area contributed by atoms with Gasteiger partial charge in [0.25, 0.3) is 0 Å². The summed E-state index contributed by atoms with van der Waals surface area (Å²) >= 11 is 1.71. The number of nitrogens with zero attached hydrogens (tertiary/aromatic N) is 3. The monoisotopic (exact) mass is 412 g/mol. The first kappa shape index (κ1) is 18.8. The van der Waals surface area contributed by atoms with Gasteiger partial charge in [-0.2, -0.15) is 0 Å². The van der Waals surface area contributed by atoms with Gasteiger partial charge in [-0.05, 0) is 35.2 Å². The molecule has 0 fully saturated rings. The third kappa shape index (κ3) is 3.35. The fourth-order valence-corrected chi connectivity index (χ4v) is 4.84. The molecule has 5 rings (SSSR count). The Morgan fingerprint density at radius 1 is 1.00 bits per heavy atom. The molecule has 0 aliphatic heterocycles. The second kappa shape index (κ2) is 7.92. The van der Waals surface area contributed by atoms with Crippen molar-refractivity contribution < 1.29 is 0 Å². The maximum atomic E-state index is 4.64. The number of nitrogens with one attached hydrogen (secondary N) is 1. The van der Waals surface area contributed by atoms with Gasteiger partial charge in [0, 0.05) is 42.0 Å². The summed E-state index contributed by atoms with van der Waals surface area (Å²) < 4.78 is 2.11. The zero-order chi connectivity index (χ0) is 20.5. The van der Waals surface area contributed by atoms with Crippen LogP contribution in [0, 0.1) is 0 Å². The summed E-state index contributed by atoms with van der Waals surface area (Å²) in [5.41, 5.74) is 4.46. The molecule has 3 aromatic heterocycles. The molecule has 0 saturated heterocycles. The molecule has 5 aromatic rings. The molecule has 0 spiro atoms. The summed E-state index contributed by atoms with van der Waals surface area (Å²) in [6.45, 7) is 4.41. The fourth-order valence-electron chi connectivity index (χ4n) is 3.97. The first-order valence-corrected chi connectivity index (χ1v) is 11.3. The van der Waals surface area contributed by atoms with E-state index in [2.05, 4.69) is 88.3 Å². The van der Waals surface area contributed by atoms with Crippen LogP contribution < -0.4 is 5.32 Å². The van der Waals surface area contributed by atoms with Crippen LogP contribution in [0.3, 0.4) is 0 Å². The molecule has 4 nitrogen and oxygen atoms in total. The van der Waals surface area contributed by atoms with Crippen LogP contribution in [-0.4, -0.2) is 20.4 Å². The van der Waals surface area contributed by atoms with E-state index in [1.54, 1.807) is 11.3 Å². The van der Waals surface area contributed by atoms with Crippen molar-refractivity contribution in [1.82, 2.24) is 14.4 Å². The van der Waals surface area contributed by atoms with Crippen LogP contribution in [0.25, 0.3) is 38.0 Å². The third-order valence-corrected chi connectivity index (χ3v) is 6.65. The van der Waals surface area contributed by atoms with E-state index in [1.165, 1.54) is 16.3 Å². The molecule has 0 bridgehead atoms. The molecule has 5 heteroatoms. The second-order valence-corrected chi connectivity index (χ2v) is 8.55. The van der Waals surface area contributed by atoms with Crippen LogP contribution in [0.4, 0.5) is 5.13 Å². The van der Waals surface area contributed by atoms with Crippen LogP contribution in [0.2, 0.25) is 0 Å². The summed E-state index contributed by atoms with van der Waals surface area (Å²) in [6, 6.07) is 17.7. The standard InChI is InChI=1S/C25H24N4S/c1-3-19(4-2)28-25-27-15-23(30-25)18-14-22(24-26-12-13-29(24)16-18)21-11-7-9-17-8-5-6-10-20(17)21/h5-16,19H,3-4H2,1-2H3,(H,27,28). The van der Waals surface area contributed by atoms with E-state index < -0.39 is 0 Å². The number of imidazole rings is 1. The van der Waals surface area contributed by atoms with E-state index in [-0.39, 0.29) is 0 Å². The number of benzene rings is 2. The molecule has 3 heterocycles. The highest BCUT2D eigenvalue weighted by Gasteiger charge is 2.14. The number of rotatable bonds is 6. The normalized spacial score (nSPS) is 11.6. The molecule has 0 saturated carbocycles. The SMILES string of the molecule is CCC(CC)Nc1ncc(-c2cc(-c3cccc4ccccc34)c3nccn3c2)s1. The highest BCUT2D eigenvalue weighted by molar-refractivity contribution is 7.18. The number of aromatic nitrogens is 3. The van der Waals surface area contributed by atoms with Crippen molar-refractivity contribution in [3.8, 4) is 21.6 Å². The number of hydrogen-bond donors (Lipinski definition) is 1. The quantitative estimate of drug-likeness (QED) is 0.330. The Balaban J connectivity index is 1.63. The van der Waals surface area contributed by atoms with Gasteiger partial charge in [-0.25, -0.2) is 9.97 Å². The van der Waals surface area contributed by atoms with Crippen molar-refractivity contribution in [2.24, 2.45) is 0 Å². The minimum absolute atomic E-state index is 0.464. The molecule has 0 aliphatic carbocycles. The Kier molecular flexibility index (Phi) is 4.97. The highest BCUT2D eigenvalue weighted by Crippen LogP contribution is 2.36. The molecule has 150 valence electrons. The number of fused-ring (bicyclic) bond motifs is 2. The predicted molar refractivity (Wildman–Crippen MR) is 127 cm³/mol. The topological polar surface area (TPSA) is 42.2 Å². The van der Waals surface area contributed by atoms with Gasteiger partial charge in [0.1, 0.15) is 5.65 Å².